The van der Waals surface area contributed by atoms with E-state index in [2.05, 4.69) is 37.9 Å². The van der Waals surface area contributed by atoms with E-state index < -0.39 is 0 Å². The fraction of sp³-hybridized carbons (Fsp3) is 1.00. The molecule has 112 valence electrons. The van der Waals surface area contributed by atoms with Gasteiger partial charge in [0.1, 0.15) is 0 Å². The molecule has 2 heterocycles. The van der Waals surface area contributed by atoms with E-state index in [1.54, 1.807) is 0 Å². The second-order valence-electron chi connectivity index (χ2n) is 7.02. The lowest BCUT2D eigenvalue weighted by atomic mass is 9.85. The van der Waals surface area contributed by atoms with Crippen LogP contribution in [0.3, 0.4) is 0 Å². The van der Waals surface area contributed by atoms with E-state index in [-0.39, 0.29) is 11.1 Å². The number of rotatable bonds is 3. The molecule has 0 aromatic carbocycles. The summed E-state index contributed by atoms with van der Waals surface area (Å²) in [5, 5.41) is 3.67. The van der Waals surface area contributed by atoms with Crippen molar-refractivity contribution in [1.82, 2.24) is 10.2 Å². The van der Waals surface area contributed by atoms with Crippen molar-refractivity contribution in [3.63, 3.8) is 0 Å². The van der Waals surface area contributed by atoms with Gasteiger partial charge in [-0.15, -0.1) is 0 Å². The number of hydrogen-bond acceptors (Lipinski definition) is 3. The SMILES string of the molecule is CCC1(CC)CC(N2CCCNC(C)(C)C2)CCO1. The summed E-state index contributed by atoms with van der Waals surface area (Å²) in [5.41, 5.74) is 0.392. The Hall–Kier alpha value is -0.120. The van der Waals surface area contributed by atoms with Crippen molar-refractivity contribution >= 4 is 0 Å². The van der Waals surface area contributed by atoms with Gasteiger partial charge in [-0.25, -0.2) is 0 Å². The molecule has 2 saturated heterocycles. The van der Waals surface area contributed by atoms with Crippen LogP contribution in [0, 0.1) is 0 Å². The molecule has 1 unspecified atom stereocenters. The molecule has 0 amide bonds. The standard InChI is InChI=1S/C16H32N2O/c1-5-16(6-2)12-14(8-11-19-16)18-10-7-9-17-15(3,4)13-18/h14,17H,5-13H2,1-4H3. The maximum atomic E-state index is 6.13. The zero-order valence-electron chi connectivity index (χ0n) is 13.3. The Kier molecular flexibility index (Phi) is 4.91. The summed E-state index contributed by atoms with van der Waals surface area (Å²) in [7, 11) is 0. The number of nitrogens with zero attached hydrogens (tertiary/aromatic N) is 1. The molecule has 2 aliphatic heterocycles. The molecular weight excluding hydrogens is 236 g/mol. The van der Waals surface area contributed by atoms with Gasteiger partial charge < -0.3 is 10.1 Å². The van der Waals surface area contributed by atoms with E-state index in [1.165, 1.54) is 32.4 Å². The summed E-state index contributed by atoms with van der Waals surface area (Å²) in [6, 6.07) is 0.716. The molecule has 0 saturated carbocycles. The van der Waals surface area contributed by atoms with Gasteiger partial charge in [0, 0.05) is 24.7 Å². The molecule has 0 spiro atoms. The largest absolute Gasteiger partial charge is 0.375 e. The van der Waals surface area contributed by atoms with Crippen molar-refractivity contribution in [3.8, 4) is 0 Å². The first-order valence-electron chi connectivity index (χ1n) is 8.13. The Labute approximate surface area is 119 Å². The van der Waals surface area contributed by atoms with Gasteiger partial charge in [-0.3, -0.25) is 4.90 Å². The van der Waals surface area contributed by atoms with Gasteiger partial charge in [0.25, 0.3) is 0 Å². The van der Waals surface area contributed by atoms with Gasteiger partial charge in [-0.05, 0) is 59.0 Å². The van der Waals surface area contributed by atoms with Crippen LogP contribution in [0.2, 0.25) is 0 Å². The van der Waals surface area contributed by atoms with Gasteiger partial charge in [-0.2, -0.15) is 0 Å². The summed E-state index contributed by atoms with van der Waals surface area (Å²) in [4.78, 5) is 2.72. The van der Waals surface area contributed by atoms with Crippen LogP contribution in [0.25, 0.3) is 0 Å². The van der Waals surface area contributed by atoms with Crippen LogP contribution in [0.4, 0.5) is 0 Å². The minimum absolute atomic E-state index is 0.146. The minimum Gasteiger partial charge on any atom is -0.375 e. The van der Waals surface area contributed by atoms with Crippen molar-refractivity contribution in [2.45, 2.75) is 77.0 Å². The highest BCUT2D eigenvalue weighted by Crippen LogP contribution is 2.34. The fourth-order valence-corrected chi connectivity index (χ4v) is 3.72. The predicted molar refractivity (Wildman–Crippen MR) is 80.6 cm³/mol. The molecule has 2 fully saturated rings. The number of nitrogens with one attached hydrogen (secondary N) is 1. The predicted octanol–water partition coefficient (Wildman–Crippen LogP) is 2.80. The summed E-state index contributed by atoms with van der Waals surface area (Å²) >= 11 is 0. The Morgan fingerprint density at radius 2 is 2.00 bits per heavy atom. The van der Waals surface area contributed by atoms with Crippen LogP contribution < -0.4 is 5.32 Å². The van der Waals surface area contributed by atoms with E-state index >= 15 is 0 Å². The Morgan fingerprint density at radius 3 is 2.68 bits per heavy atom. The monoisotopic (exact) mass is 268 g/mol. The summed E-state index contributed by atoms with van der Waals surface area (Å²) in [5.74, 6) is 0. The Balaban J connectivity index is 2.03. The first-order chi connectivity index (χ1) is 9.00. The number of ether oxygens (including phenoxy) is 1. The molecule has 0 aliphatic carbocycles. The molecule has 0 radical (unpaired) electrons. The average Bonchev–Trinajstić information content (AvgIpc) is 2.59. The minimum atomic E-state index is 0.146. The van der Waals surface area contributed by atoms with Crippen molar-refractivity contribution in [2.75, 3.05) is 26.2 Å². The van der Waals surface area contributed by atoms with Crippen LogP contribution in [-0.2, 0) is 4.74 Å². The van der Waals surface area contributed by atoms with Crippen LogP contribution in [0.1, 0.15) is 59.8 Å². The maximum Gasteiger partial charge on any atom is 0.0692 e. The highest BCUT2D eigenvalue weighted by atomic mass is 16.5. The molecule has 3 heteroatoms. The van der Waals surface area contributed by atoms with E-state index in [1.807, 2.05) is 0 Å². The third-order valence-corrected chi connectivity index (χ3v) is 5.10. The highest BCUT2D eigenvalue weighted by Gasteiger charge is 2.38. The van der Waals surface area contributed by atoms with Crippen LogP contribution in [0.5, 0.6) is 0 Å². The lowest BCUT2D eigenvalue weighted by molar-refractivity contribution is -0.111. The molecular formula is C16H32N2O. The van der Waals surface area contributed by atoms with Crippen molar-refractivity contribution in [1.29, 1.82) is 0 Å². The van der Waals surface area contributed by atoms with Gasteiger partial charge in [-0.1, -0.05) is 13.8 Å². The normalized spacial score (nSPS) is 31.9. The second kappa shape index (κ2) is 6.11. The Bertz CT molecular complexity index is 286. The number of hydrogen-bond donors (Lipinski definition) is 1. The van der Waals surface area contributed by atoms with E-state index in [0.717, 1.165) is 26.0 Å². The maximum absolute atomic E-state index is 6.13. The van der Waals surface area contributed by atoms with Crippen molar-refractivity contribution < 1.29 is 4.74 Å². The van der Waals surface area contributed by atoms with Crippen molar-refractivity contribution in [2.24, 2.45) is 0 Å². The highest BCUT2D eigenvalue weighted by molar-refractivity contribution is 4.93. The molecule has 2 rings (SSSR count). The van der Waals surface area contributed by atoms with Crippen LogP contribution >= 0.6 is 0 Å². The van der Waals surface area contributed by atoms with E-state index in [9.17, 15) is 0 Å². The van der Waals surface area contributed by atoms with Crippen LogP contribution in [-0.4, -0.2) is 48.3 Å². The third-order valence-electron chi connectivity index (χ3n) is 5.10. The molecule has 19 heavy (non-hydrogen) atoms. The molecule has 3 nitrogen and oxygen atoms in total. The quantitative estimate of drug-likeness (QED) is 0.852. The van der Waals surface area contributed by atoms with E-state index in [0.29, 0.717) is 6.04 Å². The lowest BCUT2D eigenvalue weighted by Crippen LogP contribution is -2.53. The van der Waals surface area contributed by atoms with Crippen LogP contribution in [0.15, 0.2) is 0 Å². The fourth-order valence-electron chi connectivity index (χ4n) is 3.72. The summed E-state index contributed by atoms with van der Waals surface area (Å²) in [6.45, 7) is 13.7. The van der Waals surface area contributed by atoms with Gasteiger partial charge in [0.05, 0.1) is 5.60 Å². The molecule has 0 bridgehead atoms. The summed E-state index contributed by atoms with van der Waals surface area (Å²) in [6.07, 6.45) is 5.99. The lowest BCUT2D eigenvalue weighted by Gasteiger charge is -2.45. The van der Waals surface area contributed by atoms with Gasteiger partial charge in [0.2, 0.25) is 0 Å². The molecule has 0 aromatic heterocycles. The zero-order valence-corrected chi connectivity index (χ0v) is 13.3. The first kappa shape index (κ1) is 15.3. The smallest absolute Gasteiger partial charge is 0.0692 e. The zero-order chi connectivity index (χ0) is 13.9. The third kappa shape index (κ3) is 3.71. The van der Waals surface area contributed by atoms with Crippen molar-refractivity contribution in [3.05, 3.63) is 0 Å². The van der Waals surface area contributed by atoms with E-state index in [4.69, 9.17) is 4.74 Å². The molecule has 1 N–H and O–H groups in total. The topological polar surface area (TPSA) is 24.5 Å². The average molecular weight is 268 g/mol. The van der Waals surface area contributed by atoms with Gasteiger partial charge in [0.15, 0.2) is 0 Å². The molecule has 2 aliphatic rings. The first-order valence-corrected chi connectivity index (χ1v) is 8.13. The van der Waals surface area contributed by atoms with Gasteiger partial charge >= 0.3 is 0 Å². The molecule has 0 aromatic rings. The summed E-state index contributed by atoms with van der Waals surface area (Å²) < 4.78 is 6.13. The molecule has 1 atom stereocenters. The Morgan fingerprint density at radius 1 is 1.26 bits per heavy atom. The second-order valence-corrected chi connectivity index (χ2v) is 7.02.